The number of carbonyl (C=O) groups is 1. The number of para-hydroxylation sites is 1. The summed E-state index contributed by atoms with van der Waals surface area (Å²) in [5.41, 5.74) is 6.18. The number of anilines is 1. The van der Waals surface area contributed by atoms with E-state index in [1.165, 1.54) is 0 Å². The number of hydrogen-bond donors (Lipinski definition) is 2. The van der Waals surface area contributed by atoms with Crippen LogP contribution in [-0.4, -0.2) is 11.1 Å². The Labute approximate surface area is 116 Å². The molecule has 1 aromatic carbocycles. The topological polar surface area (TPSA) is 63.3 Å². The summed E-state index contributed by atoms with van der Waals surface area (Å²) < 4.78 is 0. The van der Waals surface area contributed by atoms with E-state index in [0.717, 1.165) is 12.6 Å². The first-order valence-electron chi connectivity index (χ1n) is 3.13. The smallest absolute Gasteiger partial charge is 1.00 e. The van der Waals surface area contributed by atoms with E-state index < -0.39 is 5.97 Å². The number of nitrogen functional groups attached to an aromatic ring is 1. The van der Waals surface area contributed by atoms with Crippen molar-refractivity contribution in [1.29, 1.82) is 0 Å². The van der Waals surface area contributed by atoms with Crippen molar-refractivity contribution in [3.05, 3.63) is 30.3 Å². The fraction of sp³-hybridized carbons (Fsp3) is 0.125. The van der Waals surface area contributed by atoms with Gasteiger partial charge >= 0.3 is 51.4 Å². The molecule has 12 heavy (non-hydrogen) atoms. The minimum absolute atomic E-state index is 0. The van der Waals surface area contributed by atoms with Gasteiger partial charge in [-0.15, -0.1) is 0 Å². The molecule has 0 aliphatic heterocycles. The summed E-state index contributed by atoms with van der Waals surface area (Å²) >= 11 is 0. The van der Waals surface area contributed by atoms with Gasteiger partial charge in [0.05, 0.1) is 0 Å². The van der Waals surface area contributed by atoms with E-state index in [-0.39, 0.29) is 52.8 Å². The molecule has 3 N–H and O–H groups in total. The number of nitrogens with two attached hydrogens (primary N) is 1. The van der Waals surface area contributed by atoms with Crippen LogP contribution in [0.15, 0.2) is 30.3 Å². The van der Waals surface area contributed by atoms with E-state index in [9.17, 15) is 0 Å². The van der Waals surface area contributed by atoms with Crippen molar-refractivity contribution in [1.82, 2.24) is 0 Å². The summed E-state index contributed by atoms with van der Waals surface area (Å²) in [6, 6.07) is 9.49. The van der Waals surface area contributed by atoms with Gasteiger partial charge in [0.25, 0.3) is 5.97 Å². The Morgan fingerprint density at radius 1 is 1.42 bits per heavy atom. The number of benzene rings is 1. The van der Waals surface area contributed by atoms with Gasteiger partial charge in [-0.25, -0.2) is 0 Å². The van der Waals surface area contributed by atoms with Gasteiger partial charge in [0.2, 0.25) is 0 Å². The molecule has 1 rings (SSSR count). The molecule has 0 fully saturated rings. The zero-order chi connectivity index (χ0) is 8.69. The third-order valence-corrected chi connectivity index (χ3v) is 0.800. The number of aliphatic carboxylic acids is 1. The number of hydrogen-bond acceptors (Lipinski definition) is 2. The van der Waals surface area contributed by atoms with Gasteiger partial charge in [-0.2, -0.15) is 0 Å². The van der Waals surface area contributed by atoms with Crippen molar-refractivity contribution in [2.24, 2.45) is 0 Å². The van der Waals surface area contributed by atoms with Crippen LogP contribution in [0.4, 0.5) is 5.69 Å². The third-order valence-electron chi connectivity index (χ3n) is 0.800. The number of carboxylic acids is 1. The Morgan fingerprint density at radius 2 is 1.75 bits per heavy atom. The molecular weight excluding hydrogens is 181 g/mol. The molecule has 1 aromatic rings. The first-order chi connectivity index (χ1) is 5.13. The van der Waals surface area contributed by atoms with E-state index in [4.69, 9.17) is 15.6 Å². The fourth-order valence-corrected chi connectivity index (χ4v) is 0.453. The van der Waals surface area contributed by atoms with Crippen molar-refractivity contribution in [2.45, 2.75) is 6.92 Å². The van der Waals surface area contributed by atoms with E-state index in [2.05, 4.69) is 0 Å². The van der Waals surface area contributed by atoms with Crippen LogP contribution in [0.2, 0.25) is 0 Å². The quantitative estimate of drug-likeness (QED) is 0.388. The Kier molecular flexibility index (Phi) is 11.2. The van der Waals surface area contributed by atoms with Crippen molar-refractivity contribution < 1.29 is 62.7 Å². The molecule has 0 bridgehead atoms. The average molecular weight is 193 g/mol. The summed E-state index contributed by atoms with van der Waals surface area (Å²) in [7, 11) is 0. The van der Waals surface area contributed by atoms with Crippen LogP contribution in [0.1, 0.15) is 8.35 Å². The molecule has 0 aliphatic carbocycles. The Hall–Kier alpha value is 0.126. The summed E-state index contributed by atoms with van der Waals surface area (Å²) in [5.74, 6) is -0.833. The van der Waals surface area contributed by atoms with Crippen molar-refractivity contribution >= 4 is 11.7 Å². The number of rotatable bonds is 0. The van der Waals surface area contributed by atoms with Crippen LogP contribution < -0.4 is 57.1 Å². The largest absolute Gasteiger partial charge is 1.00 e. The summed E-state index contributed by atoms with van der Waals surface area (Å²) in [6.45, 7) is 1.08. The minimum Gasteiger partial charge on any atom is -1.00 e. The zero-order valence-corrected chi connectivity index (χ0v) is 10.4. The Morgan fingerprint density at radius 3 is 1.92 bits per heavy atom. The second-order valence-electron chi connectivity index (χ2n) is 1.93. The second-order valence-corrected chi connectivity index (χ2v) is 1.93. The molecule has 0 amide bonds. The van der Waals surface area contributed by atoms with Crippen molar-refractivity contribution in [2.75, 3.05) is 5.73 Å². The molecule has 0 radical (unpaired) electrons. The molecule has 0 aliphatic rings. The predicted octanol–water partition coefficient (Wildman–Crippen LogP) is -1.52. The maximum Gasteiger partial charge on any atom is 1.00 e. The van der Waals surface area contributed by atoms with Crippen LogP contribution >= 0.6 is 0 Å². The molecule has 0 atom stereocenters. The maximum absolute atomic E-state index is 9.00. The molecule has 0 aromatic heterocycles. The monoisotopic (exact) mass is 193 g/mol. The van der Waals surface area contributed by atoms with Crippen LogP contribution in [0, 0.1) is 0 Å². The second kappa shape index (κ2) is 9.22. The fourth-order valence-electron chi connectivity index (χ4n) is 0.453. The molecule has 4 heteroatoms. The van der Waals surface area contributed by atoms with Gasteiger partial charge in [-0.05, 0) is 12.1 Å². The van der Waals surface area contributed by atoms with Gasteiger partial charge in [0.15, 0.2) is 0 Å². The van der Waals surface area contributed by atoms with E-state index in [1.54, 1.807) is 0 Å². The van der Waals surface area contributed by atoms with Crippen LogP contribution in [0.25, 0.3) is 0 Å². The molecule has 0 unspecified atom stereocenters. The maximum atomic E-state index is 9.00. The standard InChI is InChI=1S/C6H7N.C2H4O2.K.H/c7-6-4-2-1-3-5-6;1-2(3)4;;/h1-5H,7H2;1H3,(H,3,4);;/q;;+1;-1. The average Bonchev–Trinajstić information content (AvgIpc) is 1.87. The van der Waals surface area contributed by atoms with E-state index in [0.29, 0.717) is 0 Å². The minimum atomic E-state index is -0.833. The molecule has 0 heterocycles. The first-order valence-corrected chi connectivity index (χ1v) is 3.13. The zero-order valence-electron chi connectivity index (χ0n) is 8.32. The van der Waals surface area contributed by atoms with Crippen LogP contribution in [-0.2, 0) is 4.79 Å². The predicted molar refractivity (Wildman–Crippen MR) is 45.3 cm³/mol. The normalized spacial score (nSPS) is 7.08. The first kappa shape index (κ1) is 14.6. The third kappa shape index (κ3) is 12.8. The van der Waals surface area contributed by atoms with E-state index in [1.807, 2.05) is 30.3 Å². The Bertz CT molecular complexity index is 215. The van der Waals surface area contributed by atoms with E-state index >= 15 is 0 Å². The van der Waals surface area contributed by atoms with Gasteiger partial charge in [0, 0.05) is 12.6 Å². The number of carboxylic acid groups (broad SMARTS) is 1. The van der Waals surface area contributed by atoms with Gasteiger partial charge in [-0.1, -0.05) is 18.2 Å². The van der Waals surface area contributed by atoms with Crippen LogP contribution in [0.3, 0.4) is 0 Å². The summed E-state index contributed by atoms with van der Waals surface area (Å²) in [5, 5.41) is 7.42. The molecule has 0 saturated carbocycles. The van der Waals surface area contributed by atoms with Crippen molar-refractivity contribution in [3.63, 3.8) is 0 Å². The molecule has 0 saturated heterocycles. The molecular formula is C8H12KNO2. The SMILES string of the molecule is CC(=O)O.Nc1ccccc1.[H-].[K+]. The van der Waals surface area contributed by atoms with Crippen LogP contribution in [0.5, 0.6) is 0 Å². The van der Waals surface area contributed by atoms with Gasteiger partial charge < -0.3 is 12.3 Å². The summed E-state index contributed by atoms with van der Waals surface area (Å²) in [6.07, 6.45) is 0. The molecule has 3 nitrogen and oxygen atoms in total. The van der Waals surface area contributed by atoms with Gasteiger partial charge in [0.1, 0.15) is 0 Å². The molecule has 0 spiro atoms. The molecule has 62 valence electrons. The Balaban J connectivity index is -0.000000150. The van der Waals surface area contributed by atoms with Gasteiger partial charge in [-0.3, -0.25) is 4.79 Å². The van der Waals surface area contributed by atoms with Crippen molar-refractivity contribution in [3.8, 4) is 0 Å². The summed E-state index contributed by atoms with van der Waals surface area (Å²) in [4.78, 5) is 9.00.